The predicted octanol–water partition coefficient (Wildman–Crippen LogP) is 5.93. The average Bonchev–Trinajstić information content (AvgIpc) is 3.12. The molecule has 25 heavy (non-hydrogen) atoms. The molecular formula is C20H15ClN2OS. The molecule has 0 spiro atoms. The highest BCUT2D eigenvalue weighted by atomic mass is 35.5. The van der Waals surface area contributed by atoms with E-state index < -0.39 is 0 Å². The lowest BCUT2D eigenvalue weighted by Crippen LogP contribution is -1.90. The molecule has 0 saturated heterocycles. The fourth-order valence-electron chi connectivity index (χ4n) is 2.28. The third-order valence-corrected chi connectivity index (χ3v) is 4.64. The average molecular weight is 367 g/mol. The van der Waals surface area contributed by atoms with Gasteiger partial charge in [0.2, 0.25) is 0 Å². The van der Waals surface area contributed by atoms with Crippen molar-refractivity contribution in [2.75, 3.05) is 6.61 Å². The van der Waals surface area contributed by atoms with Gasteiger partial charge in [-0.2, -0.15) is 5.26 Å². The van der Waals surface area contributed by atoms with Crippen LogP contribution in [0, 0.1) is 11.3 Å². The molecule has 0 saturated carbocycles. The van der Waals surface area contributed by atoms with Crippen LogP contribution in [0.1, 0.15) is 18.2 Å². The van der Waals surface area contributed by atoms with Gasteiger partial charge in [0.15, 0.2) is 0 Å². The minimum absolute atomic E-state index is 0.528. The zero-order chi connectivity index (χ0) is 17.6. The number of aromatic nitrogens is 1. The minimum Gasteiger partial charge on any atom is -0.494 e. The van der Waals surface area contributed by atoms with E-state index >= 15 is 0 Å². The van der Waals surface area contributed by atoms with Crippen molar-refractivity contribution in [1.82, 2.24) is 4.98 Å². The first-order valence-electron chi connectivity index (χ1n) is 7.76. The van der Waals surface area contributed by atoms with E-state index in [-0.39, 0.29) is 0 Å². The molecule has 0 N–H and O–H groups in total. The molecule has 0 aliphatic carbocycles. The summed E-state index contributed by atoms with van der Waals surface area (Å²) in [7, 11) is 0. The van der Waals surface area contributed by atoms with E-state index in [0.29, 0.717) is 22.9 Å². The molecule has 1 heterocycles. The predicted molar refractivity (Wildman–Crippen MR) is 104 cm³/mol. The number of allylic oxidation sites excluding steroid dienone is 1. The Kier molecular flexibility index (Phi) is 5.49. The van der Waals surface area contributed by atoms with Crippen LogP contribution in [0.15, 0.2) is 53.9 Å². The van der Waals surface area contributed by atoms with Gasteiger partial charge in [-0.05, 0) is 42.8 Å². The van der Waals surface area contributed by atoms with Crippen LogP contribution in [0.25, 0.3) is 22.2 Å². The van der Waals surface area contributed by atoms with E-state index in [1.807, 2.05) is 66.9 Å². The zero-order valence-corrected chi connectivity index (χ0v) is 15.1. The molecule has 0 aliphatic heterocycles. The van der Waals surface area contributed by atoms with E-state index in [1.54, 1.807) is 0 Å². The summed E-state index contributed by atoms with van der Waals surface area (Å²) in [4.78, 5) is 4.58. The van der Waals surface area contributed by atoms with Crippen LogP contribution in [0.5, 0.6) is 5.75 Å². The highest BCUT2D eigenvalue weighted by Crippen LogP contribution is 2.28. The standard InChI is InChI=1S/C20H15ClN2OS/c1-2-24-18-9-3-14(4-10-18)11-16(12-22)19-13-25-20(23-19)15-5-7-17(21)8-6-15/h3-11,13H,2H2,1H3/b16-11+. The lowest BCUT2D eigenvalue weighted by atomic mass is 10.1. The molecule has 0 unspecified atom stereocenters. The van der Waals surface area contributed by atoms with Crippen molar-refractivity contribution in [2.45, 2.75) is 6.92 Å². The topological polar surface area (TPSA) is 45.9 Å². The zero-order valence-electron chi connectivity index (χ0n) is 13.6. The van der Waals surface area contributed by atoms with Crippen molar-refractivity contribution in [3.63, 3.8) is 0 Å². The molecule has 0 bridgehead atoms. The van der Waals surface area contributed by atoms with E-state index in [0.717, 1.165) is 21.9 Å². The monoisotopic (exact) mass is 366 g/mol. The van der Waals surface area contributed by atoms with Crippen LogP contribution in [0.2, 0.25) is 5.02 Å². The maximum atomic E-state index is 9.50. The lowest BCUT2D eigenvalue weighted by Gasteiger charge is -2.02. The van der Waals surface area contributed by atoms with Crippen LogP contribution in [-0.2, 0) is 0 Å². The van der Waals surface area contributed by atoms with Gasteiger partial charge >= 0.3 is 0 Å². The third kappa shape index (κ3) is 4.27. The van der Waals surface area contributed by atoms with Crippen molar-refractivity contribution < 1.29 is 4.74 Å². The second-order valence-electron chi connectivity index (χ2n) is 5.22. The summed E-state index contributed by atoms with van der Waals surface area (Å²) in [6, 6.07) is 17.4. The molecule has 0 amide bonds. The lowest BCUT2D eigenvalue weighted by molar-refractivity contribution is 0.340. The Morgan fingerprint density at radius 2 is 1.92 bits per heavy atom. The van der Waals surface area contributed by atoms with Crippen LogP contribution < -0.4 is 4.74 Å². The Hall–Kier alpha value is -2.61. The summed E-state index contributed by atoms with van der Waals surface area (Å²) in [5, 5.41) is 12.9. The fraction of sp³-hybridized carbons (Fsp3) is 0.100. The Morgan fingerprint density at radius 3 is 2.56 bits per heavy atom. The van der Waals surface area contributed by atoms with E-state index in [9.17, 15) is 5.26 Å². The maximum Gasteiger partial charge on any atom is 0.124 e. The molecule has 2 aromatic carbocycles. The smallest absolute Gasteiger partial charge is 0.124 e. The Morgan fingerprint density at radius 1 is 1.20 bits per heavy atom. The van der Waals surface area contributed by atoms with Gasteiger partial charge in [-0.25, -0.2) is 4.98 Å². The summed E-state index contributed by atoms with van der Waals surface area (Å²) in [6.07, 6.45) is 1.83. The van der Waals surface area contributed by atoms with Crippen molar-refractivity contribution in [3.8, 4) is 22.4 Å². The number of thiazole rings is 1. The van der Waals surface area contributed by atoms with Gasteiger partial charge in [0, 0.05) is 16.0 Å². The molecule has 0 atom stereocenters. The number of hydrogen-bond donors (Lipinski definition) is 0. The second kappa shape index (κ2) is 7.98. The molecule has 124 valence electrons. The van der Waals surface area contributed by atoms with Gasteiger partial charge in [0.25, 0.3) is 0 Å². The molecule has 0 aliphatic rings. The summed E-state index contributed by atoms with van der Waals surface area (Å²) >= 11 is 7.43. The van der Waals surface area contributed by atoms with Gasteiger partial charge in [-0.3, -0.25) is 0 Å². The maximum absolute atomic E-state index is 9.50. The van der Waals surface area contributed by atoms with Crippen molar-refractivity contribution in [2.24, 2.45) is 0 Å². The number of benzene rings is 2. The van der Waals surface area contributed by atoms with Gasteiger partial charge in [0.1, 0.15) is 16.8 Å². The van der Waals surface area contributed by atoms with E-state index in [2.05, 4.69) is 11.1 Å². The Bertz CT molecular complexity index is 922. The molecule has 3 rings (SSSR count). The number of rotatable bonds is 5. The second-order valence-corrected chi connectivity index (χ2v) is 6.51. The Labute approximate surface area is 155 Å². The molecule has 5 heteroatoms. The van der Waals surface area contributed by atoms with E-state index in [4.69, 9.17) is 16.3 Å². The number of halogens is 1. The first kappa shape index (κ1) is 17.2. The van der Waals surface area contributed by atoms with Gasteiger partial charge in [-0.15, -0.1) is 11.3 Å². The first-order chi connectivity index (χ1) is 12.2. The first-order valence-corrected chi connectivity index (χ1v) is 9.02. The van der Waals surface area contributed by atoms with E-state index in [1.165, 1.54) is 11.3 Å². The molecule has 0 radical (unpaired) electrons. The molecular weight excluding hydrogens is 352 g/mol. The third-order valence-electron chi connectivity index (χ3n) is 3.49. The summed E-state index contributed by atoms with van der Waals surface area (Å²) in [5.41, 5.74) is 3.12. The van der Waals surface area contributed by atoms with Gasteiger partial charge in [-0.1, -0.05) is 35.9 Å². The van der Waals surface area contributed by atoms with Crippen molar-refractivity contribution in [3.05, 3.63) is 70.2 Å². The molecule has 1 aromatic heterocycles. The van der Waals surface area contributed by atoms with Crippen LogP contribution in [0.4, 0.5) is 0 Å². The SMILES string of the molecule is CCOc1ccc(/C=C(\C#N)c2csc(-c3ccc(Cl)cc3)n2)cc1. The summed E-state index contributed by atoms with van der Waals surface area (Å²) in [5.74, 6) is 0.817. The fourth-order valence-corrected chi connectivity index (χ4v) is 3.23. The van der Waals surface area contributed by atoms with Crippen molar-refractivity contribution >= 4 is 34.6 Å². The highest BCUT2D eigenvalue weighted by Gasteiger charge is 2.09. The number of nitriles is 1. The molecule has 3 nitrogen and oxygen atoms in total. The van der Waals surface area contributed by atoms with Crippen LogP contribution >= 0.6 is 22.9 Å². The largest absolute Gasteiger partial charge is 0.494 e. The number of nitrogens with zero attached hydrogens (tertiary/aromatic N) is 2. The normalized spacial score (nSPS) is 11.2. The van der Waals surface area contributed by atoms with Gasteiger partial charge in [0.05, 0.1) is 17.9 Å². The highest BCUT2D eigenvalue weighted by molar-refractivity contribution is 7.13. The summed E-state index contributed by atoms with van der Waals surface area (Å²) < 4.78 is 5.43. The minimum atomic E-state index is 0.528. The van der Waals surface area contributed by atoms with Crippen molar-refractivity contribution in [1.29, 1.82) is 5.26 Å². The van der Waals surface area contributed by atoms with Crippen LogP contribution in [-0.4, -0.2) is 11.6 Å². The number of hydrogen-bond acceptors (Lipinski definition) is 4. The molecule has 3 aromatic rings. The quantitative estimate of drug-likeness (QED) is 0.526. The van der Waals surface area contributed by atoms with Gasteiger partial charge < -0.3 is 4.74 Å². The van der Waals surface area contributed by atoms with Crippen LogP contribution in [0.3, 0.4) is 0 Å². The Balaban J connectivity index is 1.86. The molecule has 0 fully saturated rings. The summed E-state index contributed by atoms with van der Waals surface area (Å²) in [6.45, 7) is 2.58. The number of ether oxygens (including phenoxy) is 1.